The van der Waals surface area contributed by atoms with E-state index in [1.807, 2.05) is 7.05 Å². The van der Waals surface area contributed by atoms with E-state index >= 15 is 0 Å². The number of carbonyl (C=O) groups is 1. The van der Waals surface area contributed by atoms with Crippen molar-refractivity contribution in [1.82, 2.24) is 10.6 Å². The lowest BCUT2D eigenvalue weighted by Gasteiger charge is -2.03. The summed E-state index contributed by atoms with van der Waals surface area (Å²) in [6, 6.07) is 0. The van der Waals surface area contributed by atoms with Gasteiger partial charge < -0.3 is 10.6 Å². The maximum Gasteiger partial charge on any atom is 0.221 e. The van der Waals surface area contributed by atoms with Crippen LogP contribution in [0.2, 0.25) is 0 Å². The highest BCUT2D eigenvalue weighted by atomic mass is 16.1. The van der Waals surface area contributed by atoms with Gasteiger partial charge in [-0.05, 0) is 13.5 Å². The summed E-state index contributed by atoms with van der Waals surface area (Å²) >= 11 is 0. The molecule has 0 aliphatic carbocycles. The first-order valence-electron chi connectivity index (χ1n) is 5.22. The van der Waals surface area contributed by atoms with Gasteiger partial charge in [0.25, 0.3) is 0 Å². The Balaban J connectivity index is 3.08. The minimum Gasteiger partial charge on any atom is -0.356 e. The molecule has 0 radical (unpaired) electrons. The molecule has 0 unspecified atom stereocenters. The van der Waals surface area contributed by atoms with Crippen LogP contribution in [0.5, 0.6) is 0 Å². The van der Waals surface area contributed by atoms with Gasteiger partial charge in [-0.3, -0.25) is 4.79 Å². The first-order valence-corrected chi connectivity index (χ1v) is 5.22. The predicted molar refractivity (Wildman–Crippen MR) is 55.7 cm³/mol. The number of amides is 1. The van der Waals surface area contributed by atoms with Crippen molar-refractivity contribution in [1.29, 1.82) is 0 Å². The normalized spacial score (nSPS) is 10.0. The van der Waals surface area contributed by atoms with E-state index in [9.17, 15) is 4.79 Å². The van der Waals surface area contributed by atoms with Crippen LogP contribution in [0, 0.1) is 0 Å². The monoisotopic (exact) mass is 186 g/mol. The quantitative estimate of drug-likeness (QED) is 0.561. The number of hydrogen-bond donors (Lipinski definition) is 2. The molecule has 3 nitrogen and oxygen atoms in total. The molecule has 78 valence electrons. The van der Waals surface area contributed by atoms with E-state index < -0.39 is 0 Å². The van der Waals surface area contributed by atoms with E-state index in [4.69, 9.17) is 0 Å². The number of nitrogens with one attached hydrogen (secondary N) is 2. The molecule has 0 aliphatic rings. The Kier molecular flexibility index (Phi) is 9.10. The van der Waals surface area contributed by atoms with Crippen molar-refractivity contribution in [2.24, 2.45) is 0 Å². The van der Waals surface area contributed by atoms with Crippen LogP contribution in [0.1, 0.15) is 39.0 Å². The molecule has 0 bridgehead atoms. The first-order chi connectivity index (χ1) is 6.31. The minimum atomic E-state index is 0.158. The molecule has 0 aromatic carbocycles. The molecule has 3 heteroatoms. The molecule has 0 saturated carbocycles. The van der Waals surface area contributed by atoms with Crippen LogP contribution in [-0.2, 0) is 4.79 Å². The van der Waals surface area contributed by atoms with E-state index in [1.165, 1.54) is 19.3 Å². The smallest absolute Gasteiger partial charge is 0.221 e. The zero-order valence-electron chi connectivity index (χ0n) is 8.86. The summed E-state index contributed by atoms with van der Waals surface area (Å²) in [5.74, 6) is 0.158. The standard InChI is InChI=1S/C10H22N2O/c1-3-4-5-6-8-12-10(13)7-9-11-2/h11H,3-9H2,1-2H3,(H,12,13). The maximum absolute atomic E-state index is 11.1. The molecule has 0 aliphatic heterocycles. The Labute approximate surface area is 81.3 Å². The zero-order chi connectivity index (χ0) is 9.94. The Morgan fingerprint density at radius 2 is 1.92 bits per heavy atom. The van der Waals surface area contributed by atoms with Crippen LogP contribution in [0.4, 0.5) is 0 Å². The molecule has 0 aromatic rings. The van der Waals surface area contributed by atoms with Gasteiger partial charge in [0.15, 0.2) is 0 Å². The molecule has 0 spiro atoms. The van der Waals surface area contributed by atoms with Gasteiger partial charge in [-0.25, -0.2) is 0 Å². The fourth-order valence-electron chi connectivity index (χ4n) is 1.11. The topological polar surface area (TPSA) is 41.1 Å². The van der Waals surface area contributed by atoms with Crippen LogP contribution in [-0.4, -0.2) is 26.0 Å². The summed E-state index contributed by atoms with van der Waals surface area (Å²) in [4.78, 5) is 11.1. The van der Waals surface area contributed by atoms with Gasteiger partial charge in [-0.2, -0.15) is 0 Å². The SMILES string of the molecule is CCCCCCNC(=O)CCNC. The van der Waals surface area contributed by atoms with Crippen LogP contribution in [0.15, 0.2) is 0 Å². The fourth-order valence-corrected chi connectivity index (χ4v) is 1.11. The molecule has 0 saturated heterocycles. The van der Waals surface area contributed by atoms with E-state index in [2.05, 4.69) is 17.6 Å². The molecular formula is C10H22N2O. The largest absolute Gasteiger partial charge is 0.356 e. The molecule has 0 atom stereocenters. The van der Waals surface area contributed by atoms with Crippen molar-refractivity contribution < 1.29 is 4.79 Å². The highest BCUT2D eigenvalue weighted by Crippen LogP contribution is 1.96. The number of hydrogen-bond acceptors (Lipinski definition) is 2. The Morgan fingerprint density at radius 1 is 1.15 bits per heavy atom. The molecule has 2 N–H and O–H groups in total. The first kappa shape index (κ1) is 12.4. The van der Waals surface area contributed by atoms with Gasteiger partial charge in [-0.15, -0.1) is 0 Å². The van der Waals surface area contributed by atoms with Gasteiger partial charge in [-0.1, -0.05) is 26.2 Å². The van der Waals surface area contributed by atoms with Crippen molar-refractivity contribution in [3.05, 3.63) is 0 Å². The third-order valence-electron chi connectivity index (χ3n) is 1.95. The number of unbranched alkanes of at least 4 members (excludes halogenated alkanes) is 3. The molecule has 13 heavy (non-hydrogen) atoms. The summed E-state index contributed by atoms with van der Waals surface area (Å²) in [5, 5.41) is 5.85. The minimum absolute atomic E-state index is 0.158. The number of rotatable bonds is 8. The molecule has 1 amide bonds. The van der Waals surface area contributed by atoms with E-state index in [-0.39, 0.29) is 5.91 Å². The lowest BCUT2D eigenvalue weighted by molar-refractivity contribution is -0.120. The fraction of sp³-hybridized carbons (Fsp3) is 0.900. The molecule has 0 rings (SSSR count). The average Bonchev–Trinajstić information content (AvgIpc) is 2.14. The lowest BCUT2D eigenvalue weighted by atomic mass is 10.2. The van der Waals surface area contributed by atoms with Gasteiger partial charge in [0.1, 0.15) is 0 Å². The van der Waals surface area contributed by atoms with Crippen LogP contribution in [0.25, 0.3) is 0 Å². The van der Waals surface area contributed by atoms with Crippen molar-refractivity contribution in [2.45, 2.75) is 39.0 Å². The predicted octanol–water partition coefficient (Wildman–Crippen LogP) is 1.29. The van der Waals surface area contributed by atoms with Crippen molar-refractivity contribution in [3.63, 3.8) is 0 Å². The summed E-state index contributed by atoms with van der Waals surface area (Å²) < 4.78 is 0. The number of carbonyl (C=O) groups excluding carboxylic acids is 1. The van der Waals surface area contributed by atoms with Gasteiger partial charge in [0.05, 0.1) is 0 Å². The average molecular weight is 186 g/mol. The highest BCUT2D eigenvalue weighted by Gasteiger charge is 1.97. The van der Waals surface area contributed by atoms with Crippen LogP contribution >= 0.6 is 0 Å². The second kappa shape index (κ2) is 9.52. The van der Waals surface area contributed by atoms with E-state index in [0.717, 1.165) is 19.5 Å². The second-order valence-electron chi connectivity index (χ2n) is 3.26. The van der Waals surface area contributed by atoms with Gasteiger partial charge in [0, 0.05) is 19.5 Å². The second-order valence-corrected chi connectivity index (χ2v) is 3.26. The van der Waals surface area contributed by atoms with Gasteiger partial charge >= 0.3 is 0 Å². The Bertz CT molecular complexity index is 126. The molecule has 0 fully saturated rings. The van der Waals surface area contributed by atoms with E-state index in [1.54, 1.807) is 0 Å². The highest BCUT2D eigenvalue weighted by molar-refractivity contribution is 5.75. The molecule has 0 heterocycles. The Hall–Kier alpha value is -0.570. The summed E-state index contributed by atoms with van der Waals surface area (Å²) in [6.45, 7) is 3.79. The van der Waals surface area contributed by atoms with E-state index in [0.29, 0.717) is 6.42 Å². The van der Waals surface area contributed by atoms with Crippen molar-refractivity contribution >= 4 is 5.91 Å². The third-order valence-corrected chi connectivity index (χ3v) is 1.95. The third kappa shape index (κ3) is 9.34. The summed E-state index contributed by atoms with van der Waals surface area (Å²) in [7, 11) is 1.86. The van der Waals surface area contributed by atoms with Crippen molar-refractivity contribution in [2.75, 3.05) is 20.1 Å². The Morgan fingerprint density at radius 3 is 2.54 bits per heavy atom. The summed E-state index contributed by atoms with van der Waals surface area (Å²) in [5.41, 5.74) is 0. The maximum atomic E-state index is 11.1. The van der Waals surface area contributed by atoms with Crippen LogP contribution in [0.3, 0.4) is 0 Å². The summed E-state index contributed by atoms with van der Waals surface area (Å²) in [6.07, 6.45) is 5.44. The van der Waals surface area contributed by atoms with Gasteiger partial charge in [0.2, 0.25) is 5.91 Å². The van der Waals surface area contributed by atoms with Crippen LogP contribution < -0.4 is 10.6 Å². The zero-order valence-corrected chi connectivity index (χ0v) is 8.86. The molecular weight excluding hydrogens is 164 g/mol. The van der Waals surface area contributed by atoms with Crippen molar-refractivity contribution in [3.8, 4) is 0 Å². The lowest BCUT2D eigenvalue weighted by Crippen LogP contribution is -2.27. The molecule has 0 aromatic heterocycles.